The molecule has 7 heteroatoms. The molecule has 1 N–H and O–H groups in total. The van der Waals surface area contributed by atoms with Crippen LogP contribution >= 0.6 is 0 Å². The molecule has 0 spiro atoms. The smallest absolute Gasteiger partial charge is 0.325 e. The minimum absolute atomic E-state index is 0.0517. The Morgan fingerprint density at radius 2 is 2.05 bits per heavy atom. The van der Waals surface area contributed by atoms with E-state index < -0.39 is 11.9 Å². The number of methoxy groups -OCH3 is 1. The fourth-order valence-corrected chi connectivity index (χ4v) is 2.58. The van der Waals surface area contributed by atoms with Crippen LogP contribution in [0.15, 0.2) is 0 Å². The number of hydrogen-bond donors (Lipinski definition) is 1. The summed E-state index contributed by atoms with van der Waals surface area (Å²) in [7, 11) is 1.28. The summed E-state index contributed by atoms with van der Waals surface area (Å²) in [6, 6.07) is -0.561. The van der Waals surface area contributed by atoms with Crippen molar-refractivity contribution in [1.29, 1.82) is 0 Å². The molecule has 0 bridgehead atoms. The van der Waals surface area contributed by atoms with Gasteiger partial charge in [0.15, 0.2) is 0 Å². The minimum atomic E-state index is -0.908. The number of esters is 1. The van der Waals surface area contributed by atoms with Crippen molar-refractivity contribution in [2.24, 2.45) is 0 Å². The molecule has 1 aliphatic rings. The molecule has 21 heavy (non-hydrogen) atoms. The first-order chi connectivity index (χ1) is 9.99. The molecule has 1 unspecified atom stereocenters. The summed E-state index contributed by atoms with van der Waals surface area (Å²) in [5, 5.41) is 8.97. The van der Waals surface area contributed by atoms with E-state index in [1.165, 1.54) is 12.0 Å². The molecular formula is C14H24N2O5. The van der Waals surface area contributed by atoms with Crippen molar-refractivity contribution in [1.82, 2.24) is 9.80 Å². The summed E-state index contributed by atoms with van der Waals surface area (Å²) in [6.45, 7) is 2.81. The van der Waals surface area contributed by atoms with E-state index in [9.17, 15) is 14.4 Å². The first kappa shape index (κ1) is 17.3. The number of carbonyl (C=O) groups is 3. The van der Waals surface area contributed by atoms with Gasteiger partial charge in [0.05, 0.1) is 13.5 Å². The van der Waals surface area contributed by atoms with Crippen molar-refractivity contribution < 1.29 is 24.2 Å². The minimum Gasteiger partial charge on any atom is -0.481 e. The molecule has 0 aliphatic carbocycles. The van der Waals surface area contributed by atoms with Gasteiger partial charge in [-0.1, -0.05) is 6.92 Å². The van der Waals surface area contributed by atoms with Crippen molar-refractivity contribution in [2.75, 3.05) is 26.7 Å². The molecule has 1 rings (SSSR count). The Labute approximate surface area is 124 Å². The highest BCUT2D eigenvalue weighted by atomic mass is 16.5. The van der Waals surface area contributed by atoms with Gasteiger partial charge in [-0.15, -0.1) is 0 Å². The molecule has 1 heterocycles. The zero-order valence-electron chi connectivity index (χ0n) is 12.7. The average Bonchev–Trinajstić information content (AvgIpc) is 2.46. The molecule has 1 aliphatic heterocycles. The van der Waals surface area contributed by atoms with E-state index in [4.69, 9.17) is 5.11 Å². The fourth-order valence-electron chi connectivity index (χ4n) is 2.58. The van der Waals surface area contributed by atoms with Crippen LogP contribution in [0.4, 0.5) is 4.79 Å². The summed E-state index contributed by atoms with van der Waals surface area (Å²) in [4.78, 5) is 38.0. The lowest BCUT2D eigenvalue weighted by Gasteiger charge is -2.38. The van der Waals surface area contributed by atoms with Gasteiger partial charge in [0, 0.05) is 19.1 Å². The van der Waals surface area contributed by atoms with E-state index in [0.717, 1.165) is 19.3 Å². The molecule has 0 radical (unpaired) electrons. The van der Waals surface area contributed by atoms with Crippen molar-refractivity contribution in [3.05, 3.63) is 0 Å². The van der Waals surface area contributed by atoms with E-state index in [2.05, 4.69) is 4.74 Å². The van der Waals surface area contributed by atoms with Crippen LogP contribution < -0.4 is 0 Å². The van der Waals surface area contributed by atoms with Crippen LogP contribution in [0, 0.1) is 0 Å². The Balaban J connectivity index is 2.78. The van der Waals surface area contributed by atoms with Crippen molar-refractivity contribution in [3.63, 3.8) is 0 Å². The third-order valence-corrected chi connectivity index (χ3v) is 3.59. The topological polar surface area (TPSA) is 87.2 Å². The molecule has 1 fully saturated rings. The summed E-state index contributed by atoms with van der Waals surface area (Å²) in [5.74, 6) is -1.38. The van der Waals surface area contributed by atoms with Gasteiger partial charge in [-0.25, -0.2) is 4.79 Å². The zero-order valence-corrected chi connectivity index (χ0v) is 12.7. The highest BCUT2D eigenvalue weighted by Crippen LogP contribution is 2.21. The number of likely N-dealkylation sites (tertiary alicyclic amines) is 1. The van der Waals surface area contributed by atoms with Gasteiger partial charge in [0.25, 0.3) is 0 Å². The number of urea groups is 1. The maximum absolute atomic E-state index is 12.6. The number of carboxylic acids is 1. The number of nitrogens with zero attached hydrogens (tertiary/aromatic N) is 2. The Morgan fingerprint density at radius 1 is 1.33 bits per heavy atom. The van der Waals surface area contributed by atoms with E-state index in [0.29, 0.717) is 19.5 Å². The normalized spacial score (nSPS) is 18.2. The second-order valence-electron chi connectivity index (χ2n) is 5.22. The molecule has 1 saturated heterocycles. The number of amides is 2. The highest BCUT2D eigenvalue weighted by Gasteiger charge is 2.31. The van der Waals surface area contributed by atoms with Gasteiger partial charge in [0.1, 0.15) is 6.54 Å². The number of rotatable bonds is 6. The largest absolute Gasteiger partial charge is 0.481 e. The standard InChI is InChI=1S/C14H24N2O5/c1-3-7-15(10-13(19)21-2)14(20)16-8-5-4-6-11(16)9-12(17)18/h11H,3-10H2,1-2H3,(H,17,18). The first-order valence-corrected chi connectivity index (χ1v) is 7.33. The second-order valence-corrected chi connectivity index (χ2v) is 5.22. The molecule has 0 aromatic carbocycles. The SMILES string of the molecule is CCCN(CC(=O)OC)C(=O)N1CCCCC1CC(=O)O. The van der Waals surface area contributed by atoms with E-state index >= 15 is 0 Å². The average molecular weight is 300 g/mol. The van der Waals surface area contributed by atoms with Gasteiger partial charge in [-0.05, 0) is 25.7 Å². The Morgan fingerprint density at radius 3 is 2.62 bits per heavy atom. The van der Waals surface area contributed by atoms with E-state index in [-0.39, 0.29) is 25.0 Å². The van der Waals surface area contributed by atoms with Gasteiger partial charge in [0.2, 0.25) is 0 Å². The van der Waals surface area contributed by atoms with Gasteiger partial charge >= 0.3 is 18.0 Å². The molecule has 7 nitrogen and oxygen atoms in total. The Hall–Kier alpha value is -1.79. The van der Waals surface area contributed by atoms with Crippen molar-refractivity contribution >= 4 is 18.0 Å². The fraction of sp³-hybridized carbons (Fsp3) is 0.786. The predicted molar refractivity (Wildman–Crippen MR) is 75.9 cm³/mol. The number of carbonyl (C=O) groups excluding carboxylic acids is 2. The van der Waals surface area contributed by atoms with Crippen LogP contribution in [0.2, 0.25) is 0 Å². The van der Waals surface area contributed by atoms with Crippen molar-refractivity contribution in [2.45, 2.75) is 45.1 Å². The molecule has 0 aromatic heterocycles. The van der Waals surface area contributed by atoms with Crippen LogP contribution in [-0.4, -0.2) is 65.7 Å². The van der Waals surface area contributed by atoms with Gasteiger partial charge in [-0.2, -0.15) is 0 Å². The van der Waals surface area contributed by atoms with Crippen LogP contribution in [-0.2, 0) is 14.3 Å². The quantitative estimate of drug-likeness (QED) is 0.748. The second kappa shape index (κ2) is 8.49. The lowest BCUT2D eigenvalue weighted by Crippen LogP contribution is -2.52. The van der Waals surface area contributed by atoms with Gasteiger partial charge in [-0.3, -0.25) is 9.59 Å². The number of carboxylic acid groups (broad SMARTS) is 1. The Kier molecular flexibility index (Phi) is 6.98. The third-order valence-electron chi connectivity index (χ3n) is 3.59. The van der Waals surface area contributed by atoms with Crippen LogP contribution in [0.3, 0.4) is 0 Å². The Bertz CT molecular complexity index is 386. The lowest BCUT2D eigenvalue weighted by atomic mass is 10.00. The summed E-state index contributed by atoms with van der Waals surface area (Å²) in [5.41, 5.74) is 0. The molecule has 0 saturated carbocycles. The van der Waals surface area contributed by atoms with Crippen molar-refractivity contribution in [3.8, 4) is 0 Å². The maximum Gasteiger partial charge on any atom is 0.325 e. The van der Waals surface area contributed by atoms with Gasteiger partial charge < -0.3 is 19.6 Å². The molecule has 2 amide bonds. The zero-order chi connectivity index (χ0) is 15.8. The summed E-state index contributed by atoms with van der Waals surface area (Å²) in [6.07, 6.45) is 3.15. The lowest BCUT2D eigenvalue weighted by molar-refractivity contribution is -0.142. The highest BCUT2D eigenvalue weighted by molar-refractivity contribution is 5.81. The molecular weight excluding hydrogens is 276 g/mol. The maximum atomic E-state index is 12.6. The number of hydrogen-bond acceptors (Lipinski definition) is 4. The first-order valence-electron chi connectivity index (χ1n) is 7.33. The van der Waals surface area contributed by atoms with Crippen LogP contribution in [0.1, 0.15) is 39.0 Å². The summed E-state index contributed by atoms with van der Waals surface area (Å²) >= 11 is 0. The summed E-state index contributed by atoms with van der Waals surface area (Å²) < 4.78 is 4.61. The van der Waals surface area contributed by atoms with E-state index in [1.54, 1.807) is 4.90 Å². The number of ether oxygens (including phenoxy) is 1. The third kappa shape index (κ3) is 5.24. The molecule has 1 atom stereocenters. The number of piperidine rings is 1. The molecule has 120 valence electrons. The van der Waals surface area contributed by atoms with Crippen LogP contribution in [0.5, 0.6) is 0 Å². The molecule has 0 aromatic rings. The van der Waals surface area contributed by atoms with Crippen LogP contribution in [0.25, 0.3) is 0 Å². The van der Waals surface area contributed by atoms with E-state index in [1.807, 2.05) is 6.92 Å². The predicted octanol–water partition coefficient (Wildman–Crippen LogP) is 1.32. The monoisotopic (exact) mass is 300 g/mol. The number of aliphatic carboxylic acids is 1.